The molecule has 1 N–H and O–H groups in total. The van der Waals surface area contributed by atoms with Crippen molar-refractivity contribution in [3.8, 4) is 0 Å². The van der Waals surface area contributed by atoms with Gasteiger partial charge in [-0.1, -0.05) is 65.0 Å². The van der Waals surface area contributed by atoms with E-state index in [0.717, 1.165) is 0 Å². The highest BCUT2D eigenvalue weighted by atomic mass is 31.2. The molecule has 5 nitrogen and oxygen atoms in total. The third-order valence-electron chi connectivity index (χ3n) is 3.33. The van der Waals surface area contributed by atoms with Crippen LogP contribution in [0.1, 0.15) is 58.8 Å². The maximum absolute atomic E-state index is 13.4. The quantitative estimate of drug-likeness (QED) is 0.640. The summed E-state index contributed by atoms with van der Waals surface area (Å²) in [5, 5.41) is 2.88. The summed E-state index contributed by atoms with van der Waals surface area (Å²) in [6.45, 7) is 9.95. The third-order valence-corrected chi connectivity index (χ3v) is 5.48. The number of carbonyl (C=O) groups is 1. The van der Waals surface area contributed by atoms with Gasteiger partial charge in [-0.15, -0.1) is 0 Å². The monoisotopic (exact) mass is 355 g/mol. The SMILES string of the molecule is CCCOP(=O)(OCCC)C(NC(=O)C(C)(C)C)c1ccccc1. The average Bonchev–Trinajstić information content (AvgIpc) is 2.55. The van der Waals surface area contributed by atoms with E-state index in [4.69, 9.17) is 9.05 Å². The van der Waals surface area contributed by atoms with Gasteiger partial charge < -0.3 is 14.4 Å². The lowest BCUT2D eigenvalue weighted by atomic mass is 9.95. The van der Waals surface area contributed by atoms with E-state index < -0.39 is 18.8 Å². The summed E-state index contributed by atoms with van der Waals surface area (Å²) in [5.41, 5.74) is 0.110. The van der Waals surface area contributed by atoms with E-state index >= 15 is 0 Å². The van der Waals surface area contributed by atoms with E-state index in [0.29, 0.717) is 31.6 Å². The summed E-state index contributed by atoms with van der Waals surface area (Å²) >= 11 is 0. The summed E-state index contributed by atoms with van der Waals surface area (Å²) < 4.78 is 24.7. The minimum absolute atomic E-state index is 0.197. The molecule has 1 rings (SSSR count). The van der Waals surface area contributed by atoms with Crippen LogP contribution in [0.4, 0.5) is 0 Å². The van der Waals surface area contributed by atoms with Crippen LogP contribution in [0.25, 0.3) is 0 Å². The molecule has 1 atom stereocenters. The van der Waals surface area contributed by atoms with Crippen LogP contribution in [0.2, 0.25) is 0 Å². The minimum Gasteiger partial charge on any atom is -0.338 e. The normalized spacial score (nSPS) is 13.5. The number of hydrogen-bond acceptors (Lipinski definition) is 4. The Hall–Kier alpha value is -1.16. The molecular formula is C18H30NO4P. The molecule has 1 aromatic rings. The molecule has 0 radical (unpaired) electrons. The molecule has 0 aromatic heterocycles. The lowest BCUT2D eigenvalue weighted by molar-refractivity contribution is -0.128. The highest BCUT2D eigenvalue weighted by Gasteiger charge is 2.40. The second kappa shape index (κ2) is 9.36. The summed E-state index contributed by atoms with van der Waals surface area (Å²) in [5.74, 6) is -1.01. The maximum atomic E-state index is 13.4. The third kappa shape index (κ3) is 6.04. The average molecular weight is 355 g/mol. The summed E-state index contributed by atoms with van der Waals surface area (Å²) in [6, 6.07) is 9.21. The lowest BCUT2D eigenvalue weighted by Crippen LogP contribution is -2.38. The summed E-state index contributed by atoms with van der Waals surface area (Å²) in [7, 11) is -3.54. The van der Waals surface area contributed by atoms with Crippen LogP contribution < -0.4 is 5.32 Å². The second-order valence-electron chi connectivity index (χ2n) is 6.74. The van der Waals surface area contributed by atoms with E-state index in [-0.39, 0.29) is 5.91 Å². The molecule has 1 unspecified atom stereocenters. The Balaban J connectivity index is 3.21. The molecule has 0 bridgehead atoms. The highest BCUT2D eigenvalue weighted by Crippen LogP contribution is 2.60. The van der Waals surface area contributed by atoms with E-state index in [2.05, 4.69) is 5.32 Å². The number of rotatable bonds is 9. The first kappa shape index (κ1) is 20.9. The van der Waals surface area contributed by atoms with E-state index in [9.17, 15) is 9.36 Å². The summed E-state index contributed by atoms with van der Waals surface area (Å²) in [6.07, 6.45) is 1.43. The van der Waals surface area contributed by atoms with Crippen LogP contribution >= 0.6 is 7.60 Å². The van der Waals surface area contributed by atoms with Gasteiger partial charge >= 0.3 is 7.60 Å². The van der Waals surface area contributed by atoms with Crippen LogP contribution in [0.5, 0.6) is 0 Å². The molecule has 0 heterocycles. The molecule has 0 aliphatic heterocycles. The fourth-order valence-electron chi connectivity index (χ4n) is 1.94. The lowest BCUT2D eigenvalue weighted by Gasteiger charge is -2.30. The molecule has 0 spiro atoms. The zero-order valence-corrected chi connectivity index (χ0v) is 16.3. The van der Waals surface area contributed by atoms with Crippen LogP contribution in [0, 0.1) is 5.41 Å². The van der Waals surface area contributed by atoms with Crippen molar-refractivity contribution in [1.29, 1.82) is 0 Å². The molecule has 6 heteroatoms. The molecule has 0 fully saturated rings. The van der Waals surface area contributed by atoms with Gasteiger partial charge in [0.05, 0.1) is 13.2 Å². The number of carbonyl (C=O) groups excluding carboxylic acids is 1. The number of nitrogens with one attached hydrogen (secondary N) is 1. The minimum atomic E-state index is -3.54. The molecule has 136 valence electrons. The van der Waals surface area contributed by atoms with Gasteiger partial charge in [0.25, 0.3) is 0 Å². The van der Waals surface area contributed by atoms with Crippen molar-refractivity contribution in [2.45, 2.75) is 53.2 Å². The number of hydrogen-bond donors (Lipinski definition) is 1. The maximum Gasteiger partial charge on any atom is 0.357 e. The molecule has 0 saturated heterocycles. The van der Waals surface area contributed by atoms with Gasteiger partial charge in [0.15, 0.2) is 5.78 Å². The Morgan fingerprint density at radius 3 is 2.00 bits per heavy atom. The van der Waals surface area contributed by atoms with E-state index in [1.54, 1.807) is 0 Å². The predicted octanol–water partition coefficient (Wildman–Crippen LogP) is 4.89. The Labute approximate surface area is 145 Å². The van der Waals surface area contributed by atoms with Gasteiger partial charge in [0.1, 0.15) is 0 Å². The van der Waals surface area contributed by atoms with Gasteiger partial charge in [-0.2, -0.15) is 0 Å². The van der Waals surface area contributed by atoms with Crippen molar-refractivity contribution in [2.75, 3.05) is 13.2 Å². The van der Waals surface area contributed by atoms with Gasteiger partial charge in [-0.3, -0.25) is 9.36 Å². The van der Waals surface area contributed by atoms with Crippen molar-refractivity contribution >= 4 is 13.5 Å². The predicted molar refractivity (Wildman–Crippen MR) is 96.9 cm³/mol. The Bertz CT molecular complexity index is 542. The molecule has 0 aliphatic carbocycles. The number of amides is 1. The van der Waals surface area contributed by atoms with Gasteiger partial charge in [-0.05, 0) is 18.4 Å². The first-order valence-electron chi connectivity index (χ1n) is 8.49. The fourth-order valence-corrected chi connectivity index (χ4v) is 4.00. The van der Waals surface area contributed by atoms with Gasteiger partial charge in [0, 0.05) is 5.41 Å². The standard InChI is InChI=1S/C18H30NO4P/c1-6-13-22-24(21,23-14-7-2)16(15-11-9-8-10-12-15)19-17(20)18(3,4)5/h8-12,16H,6-7,13-14H2,1-5H3,(H,19,20). The topological polar surface area (TPSA) is 64.6 Å². The molecule has 24 heavy (non-hydrogen) atoms. The molecule has 1 amide bonds. The van der Waals surface area contributed by atoms with Crippen molar-refractivity contribution in [2.24, 2.45) is 5.41 Å². The van der Waals surface area contributed by atoms with Crippen molar-refractivity contribution < 1.29 is 18.4 Å². The van der Waals surface area contributed by atoms with Crippen LogP contribution in [-0.4, -0.2) is 19.1 Å². The zero-order valence-electron chi connectivity index (χ0n) is 15.4. The van der Waals surface area contributed by atoms with Crippen molar-refractivity contribution in [1.82, 2.24) is 5.32 Å². The Morgan fingerprint density at radius 2 is 1.58 bits per heavy atom. The first-order valence-corrected chi connectivity index (χ1v) is 10.1. The first-order chi connectivity index (χ1) is 11.2. The van der Waals surface area contributed by atoms with Crippen molar-refractivity contribution in [3.63, 3.8) is 0 Å². The molecular weight excluding hydrogens is 325 g/mol. The molecule has 1 aromatic carbocycles. The molecule has 0 saturated carbocycles. The molecule has 0 aliphatic rings. The second-order valence-corrected chi connectivity index (χ2v) is 8.86. The van der Waals surface area contributed by atoms with E-state index in [1.165, 1.54) is 0 Å². The fraction of sp³-hybridized carbons (Fsp3) is 0.611. The van der Waals surface area contributed by atoms with Crippen molar-refractivity contribution in [3.05, 3.63) is 35.9 Å². The van der Waals surface area contributed by atoms with Crippen LogP contribution in [-0.2, 0) is 18.4 Å². The number of benzene rings is 1. The van der Waals surface area contributed by atoms with E-state index in [1.807, 2.05) is 65.0 Å². The summed E-state index contributed by atoms with van der Waals surface area (Å²) in [4.78, 5) is 12.5. The Morgan fingerprint density at radius 1 is 1.08 bits per heavy atom. The Kier molecular flexibility index (Phi) is 8.14. The zero-order chi connectivity index (χ0) is 18.2. The van der Waals surface area contributed by atoms with Crippen LogP contribution in [0.15, 0.2) is 30.3 Å². The smallest absolute Gasteiger partial charge is 0.338 e. The highest BCUT2D eigenvalue weighted by molar-refractivity contribution is 7.54. The largest absolute Gasteiger partial charge is 0.357 e. The van der Waals surface area contributed by atoms with Crippen LogP contribution in [0.3, 0.4) is 0 Å². The van der Waals surface area contributed by atoms with Gasteiger partial charge in [-0.25, -0.2) is 0 Å². The van der Waals surface area contributed by atoms with Gasteiger partial charge in [0.2, 0.25) is 5.91 Å².